The van der Waals surface area contributed by atoms with Gasteiger partial charge < -0.3 is 25.6 Å². The highest BCUT2D eigenvalue weighted by atomic mass is 32.1. The first kappa shape index (κ1) is 16.5. The van der Waals surface area contributed by atoms with E-state index in [1.807, 2.05) is 11.8 Å². The van der Waals surface area contributed by atoms with Crippen molar-refractivity contribution in [2.45, 2.75) is 13.0 Å². The highest BCUT2D eigenvalue weighted by Gasteiger charge is 2.27. The third-order valence-electron chi connectivity index (χ3n) is 3.99. The summed E-state index contributed by atoms with van der Waals surface area (Å²) in [7, 11) is 0. The fraction of sp³-hybridized carbons (Fsp3) is 0.400. The number of aromatic nitrogens is 2. The predicted octanol–water partition coefficient (Wildman–Crippen LogP) is 0.202. The molecule has 1 aliphatic heterocycles. The molecule has 0 saturated carbocycles. The van der Waals surface area contributed by atoms with Crippen molar-refractivity contribution in [2.75, 3.05) is 31.1 Å². The number of hydrogen-bond acceptors (Lipinski definition) is 6. The molecule has 9 heteroatoms. The minimum Gasteiger partial charge on any atom is -0.389 e. The van der Waals surface area contributed by atoms with Gasteiger partial charge in [-0.15, -0.1) is 11.3 Å². The molecule has 0 radical (unpaired) electrons. The van der Waals surface area contributed by atoms with Crippen molar-refractivity contribution >= 4 is 28.3 Å². The van der Waals surface area contributed by atoms with Gasteiger partial charge in [-0.05, 0) is 13.0 Å². The van der Waals surface area contributed by atoms with Gasteiger partial charge in [-0.1, -0.05) is 0 Å². The summed E-state index contributed by atoms with van der Waals surface area (Å²) in [5.74, 6) is -0.681. The van der Waals surface area contributed by atoms with E-state index >= 15 is 0 Å². The van der Waals surface area contributed by atoms with Crippen molar-refractivity contribution in [2.24, 2.45) is 5.73 Å². The first-order valence-electron chi connectivity index (χ1n) is 7.57. The molecule has 1 saturated heterocycles. The van der Waals surface area contributed by atoms with E-state index in [4.69, 9.17) is 5.73 Å². The van der Waals surface area contributed by atoms with Crippen molar-refractivity contribution in [3.8, 4) is 0 Å². The van der Waals surface area contributed by atoms with Gasteiger partial charge in [0, 0.05) is 43.4 Å². The Labute approximate surface area is 142 Å². The third kappa shape index (κ3) is 3.26. The molecule has 1 aliphatic rings. The van der Waals surface area contributed by atoms with Crippen molar-refractivity contribution in [1.29, 1.82) is 0 Å². The molecule has 24 heavy (non-hydrogen) atoms. The van der Waals surface area contributed by atoms with Crippen LogP contribution in [0.1, 0.15) is 26.5 Å². The van der Waals surface area contributed by atoms with Crippen LogP contribution in [0.2, 0.25) is 0 Å². The van der Waals surface area contributed by atoms with E-state index in [0.717, 1.165) is 5.69 Å². The van der Waals surface area contributed by atoms with Crippen LogP contribution in [-0.4, -0.2) is 64.1 Å². The number of anilines is 1. The van der Waals surface area contributed by atoms with Crippen LogP contribution >= 0.6 is 11.3 Å². The molecule has 1 fully saturated rings. The maximum Gasteiger partial charge on any atom is 0.268 e. The molecule has 128 valence electrons. The van der Waals surface area contributed by atoms with E-state index in [9.17, 15) is 14.7 Å². The van der Waals surface area contributed by atoms with Gasteiger partial charge in [0.25, 0.3) is 11.8 Å². The van der Waals surface area contributed by atoms with Gasteiger partial charge in [-0.3, -0.25) is 9.59 Å². The molecular weight excluding hydrogens is 330 g/mol. The van der Waals surface area contributed by atoms with E-state index in [1.54, 1.807) is 22.5 Å². The van der Waals surface area contributed by atoms with Gasteiger partial charge in [0.15, 0.2) is 5.13 Å². The Morgan fingerprint density at radius 3 is 2.83 bits per heavy atom. The number of aryl methyl sites for hydroxylation is 1. The summed E-state index contributed by atoms with van der Waals surface area (Å²) in [6, 6.07) is 1.74. The summed E-state index contributed by atoms with van der Waals surface area (Å²) >= 11 is 1.30. The number of rotatable bonds is 3. The summed E-state index contributed by atoms with van der Waals surface area (Å²) in [6.45, 7) is 3.44. The highest BCUT2D eigenvalue weighted by Crippen LogP contribution is 2.22. The number of primary amides is 1. The second-order valence-corrected chi connectivity index (χ2v) is 6.58. The van der Waals surface area contributed by atoms with Gasteiger partial charge in [0.1, 0.15) is 5.69 Å². The van der Waals surface area contributed by atoms with Crippen LogP contribution < -0.4 is 10.6 Å². The molecule has 0 bridgehead atoms. The minimum absolute atomic E-state index is 0.105. The normalized spacial score (nSPS) is 18.5. The molecule has 3 heterocycles. The second-order valence-electron chi connectivity index (χ2n) is 5.75. The Balaban J connectivity index is 1.74. The van der Waals surface area contributed by atoms with Crippen LogP contribution in [0.4, 0.5) is 5.13 Å². The maximum absolute atomic E-state index is 12.6. The SMILES string of the molecule is Cc1[nH]ccc1C(=O)N1CCN(c2nc(C(N)=O)cs2)C[C@@H](O)C1. The monoisotopic (exact) mass is 349 g/mol. The lowest BCUT2D eigenvalue weighted by molar-refractivity contribution is 0.0673. The number of carbonyl (C=O) groups is 2. The second kappa shape index (κ2) is 6.62. The molecule has 4 N–H and O–H groups in total. The number of aromatic amines is 1. The molecule has 0 aliphatic carbocycles. The van der Waals surface area contributed by atoms with Crippen LogP contribution in [0.3, 0.4) is 0 Å². The van der Waals surface area contributed by atoms with Crippen LogP contribution in [-0.2, 0) is 0 Å². The number of nitrogens with two attached hydrogens (primary N) is 1. The van der Waals surface area contributed by atoms with E-state index in [2.05, 4.69) is 9.97 Å². The van der Waals surface area contributed by atoms with E-state index in [0.29, 0.717) is 30.3 Å². The summed E-state index contributed by atoms with van der Waals surface area (Å²) in [6.07, 6.45) is 1.03. The van der Waals surface area contributed by atoms with Gasteiger partial charge in [0.05, 0.1) is 11.7 Å². The molecule has 8 nitrogen and oxygen atoms in total. The average Bonchev–Trinajstić information content (AvgIpc) is 3.14. The number of nitrogens with zero attached hydrogens (tertiary/aromatic N) is 3. The number of thiazole rings is 1. The molecule has 1 atom stereocenters. The molecule has 2 aromatic heterocycles. The first-order valence-corrected chi connectivity index (χ1v) is 8.45. The van der Waals surface area contributed by atoms with Crippen molar-refractivity contribution in [3.05, 3.63) is 34.6 Å². The summed E-state index contributed by atoms with van der Waals surface area (Å²) in [5, 5.41) is 12.5. The Hall–Kier alpha value is -2.39. The predicted molar refractivity (Wildman–Crippen MR) is 90.3 cm³/mol. The van der Waals surface area contributed by atoms with Gasteiger partial charge >= 0.3 is 0 Å². The fourth-order valence-corrected chi connectivity index (χ4v) is 3.58. The zero-order chi connectivity index (χ0) is 17.3. The number of β-amino-alcohol motifs (C(OH)–C–C–N with tert-alkyl or cyclic N) is 1. The topological polar surface area (TPSA) is 116 Å². The highest BCUT2D eigenvalue weighted by molar-refractivity contribution is 7.13. The van der Waals surface area contributed by atoms with Crippen molar-refractivity contribution in [1.82, 2.24) is 14.9 Å². The number of aliphatic hydroxyl groups is 1. The maximum atomic E-state index is 12.6. The van der Waals surface area contributed by atoms with Crippen LogP contribution in [0.5, 0.6) is 0 Å². The Bertz CT molecular complexity index is 756. The number of nitrogens with one attached hydrogen (secondary N) is 1. The zero-order valence-electron chi connectivity index (χ0n) is 13.2. The molecule has 0 spiro atoms. The number of aliphatic hydroxyl groups excluding tert-OH is 1. The lowest BCUT2D eigenvalue weighted by atomic mass is 10.2. The molecule has 0 aromatic carbocycles. The van der Waals surface area contributed by atoms with Crippen LogP contribution in [0.15, 0.2) is 17.6 Å². The van der Waals surface area contributed by atoms with Gasteiger partial charge in [-0.25, -0.2) is 4.98 Å². The smallest absolute Gasteiger partial charge is 0.268 e. The van der Waals surface area contributed by atoms with E-state index in [-0.39, 0.29) is 18.1 Å². The lowest BCUT2D eigenvalue weighted by Crippen LogP contribution is -2.37. The quantitative estimate of drug-likeness (QED) is 0.732. The number of carbonyl (C=O) groups excluding carboxylic acids is 2. The summed E-state index contributed by atoms with van der Waals surface area (Å²) < 4.78 is 0. The molecular formula is C15H19N5O3S. The Morgan fingerprint density at radius 1 is 1.42 bits per heavy atom. The van der Waals surface area contributed by atoms with Crippen LogP contribution in [0, 0.1) is 6.92 Å². The fourth-order valence-electron chi connectivity index (χ4n) is 2.73. The molecule has 2 amide bonds. The Morgan fingerprint density at radius 2 is 2.21 bits per heavy atom. The van der Waals surface area contributed by atoms with Crippen LogP contribution in [0.25, 0.3) is 0 Å². The molecule has 3 rings (SSSR count). The third-order valence-corrected chi connectivity index (χ3v) is 4.89. The van der Waals surface area contributed by atoms with Crippen molar-refractivity contribution in [3.63, 3.8) is 0 Å². The average molecular weight is 349 g/mol. The summed E-state index contributed by atoms with van der Waals surface area (Å²) in [5.41, 5.74) is 6.86. The largest absolute Gasteiger partial charge is 0.389 e. The number of amides is 2. The minimum atomic E-state index is -0.698. The van der Waals surface area contributed by atoms with E-state index < -0.39 is 12.0 Å². The number of hydrogen-bond donors (Lipinski definition) is 3. The lowest BCUT2D eigenvalue weighted by Gasteiger charge is -2.21. The van der Waals surface area contributed by atoms with E-state index in [1.165, 1.54) is 11.3 Å². The number of H-pyrrole nitrogens is 1. The standard InChI is InChI=1S/C15H19N5O3S/c1-9-11(2-3-17-9)14(23)19-4-5-20(7-10(21)6-19)15-18-12(8-24-15)13(16)22/h2-3,8,10,17,21H,4-7H2,1H3,(H2,16,22)/t10-/m0/s1. The molecule has 0 unspecified atom stereocenters. The zero-order valence-corrected chi connectivity index (χ0v) is 14.0. The van der Waals surface area contributed by atoms with Gasteiger partial charge in [0.2, 0.25) is 0 Å². The molecule has 2 aromatic rings. The first-order chi connectivity index (χ1) is 11.5. The summed E-state index contributed by atoms with van der Waals surface area (Å²) in [4.78, 5) is 34.5. The van der Waals surface area contributed by atoms with Crippen molar-refractivity contribution < 1.29 is 14.7 Å². The van der Waals surface area contributed by atoms with Gasteiger partial charge in [-0.2, -0.15) is 0 Å². The Kier molecular flexibility index (Phi) is 4.54.